The number of aryl methyl sites for hydroxylation is 1. The molecule has 2 N–H and O–H groups in total. The van der Waals surface area contributed by atoms with Gasteiger partial charge in [0.1, 0.15) is 0 Å². The van der Waals surface area contributed by atoms with Crippen molar-refractivity contribution in [2.24, 2.45) is 5.73 Å². The van der Waals surface area contributed by atoms with E-state index < -0.39 is 0 Å². The van der Waals surface area contributed by atoms with E-state index in [1.165, 1.54) is 30.5 Å². The van der Waals surface area contributed by atoms with Crippen molar-refractivity contribution in [2.45, 2.75) is 38.3 Å². The molecule has 3 nitrogen and oxygen atoms in total. The number of nitrogens with zero attached hydrogens (tertiary/aromatic N) is 2. The van der Waals surface area contributed by atoms with Gasteiger partial charge in [0, 0.05) is 25.2 Å². The zero-order chi connectivity index (χ0) is 14.5. The lowest BCUT2D eigenvalue weighted by Crippen LogP contribution is -2.34. The number of rotatable bonds is 6. The summed E-state index contributed by atoms with van der Waals surface area (Å²) in [6.07, 6.45) is 3.62. The second-order valence-corrected chi connectivity index (χ2v) is 6.26. The number of nitrogens with two attached hydrogens (primary N) is 1. The standard InChI is InChI=1S/C17H29N3/c1-4-5-14-6-8-15(9-7-14)17(18)13-20-11-10-16(12-20)19(2)3/h6-9,16-17H,4-5,10-13,18H2,1-3H3. The van der Waals surface area contributed by atoms with Gasteiger partial charge in [0.2, 0.25) is 0 Å². The molecule has 1 fully saturated rings. The Morgan fingerprint density at radius 1 is 1.30 bits per heavy atom. The monoisotopic (exact) mass is 275 g/mol. The van der Waals surface area contributed by atoms with Gasteiger partial charge in [0.05, 0.1) is 0 Å². The number of likely N-dealkylation sites (tertiary alicyclic amines) is 1. The minimum Gasteiger partial charge on any atom is -0.323 e. The van der Waals surface area contributed by atoms with Crippen LogP contribution in [-0.2, 0) is 6.42 Å². The van der Waals surface area contributed by atoms with Gasteiger partial charge in [-0.1, -0.05) is 37.6 Å². The van der Waals surface area contributed by atoms with Crippen molar-refractivity contribution in [1.29, 1.82) is 0 Å². The molecular weight excluding hydrogens is 246 g/mol. The molecule has 1 aliphatic heterocycles. The quantitative estimate of drug-likeness (QED) is 0.864. The predicted octanol–water partition coefficient (Wildman–Crippen LogP) is 2.27. The third-order valence-corrected chi connectivity index (χ3v) is 4.38. The highest BCUT2D eigenvalue weighted by molar-refractivity contribution is 5.25. The second-order valence-electron chi connectivity index (χ2n) is 6.26. The van der Waals surface area contributed by atoms with Crippen LogP contribution in [0.1, 0.15) is 36.9 Å². The summed E-state index contributed by atoms with van der Waals surface area (Å²) >= 11 is 0. The first-order valence-corrected chi connectivity index (χ1v) is 7.83. The molecule has 1 aromatic rings. The first kappa shape index (κ1) is 15.5. The fraction of sp³-hybridized carbons (Fsp3) is 0.647. The molecule has 0 aliphatic carbocycles. The molecule has 1 saturated heterocycles. The second kappa shape index (κ2) is 7.21. The van der Waals surface area contributed by atoms with Crippen molar-refractivity contribution < 1.29 is 0 Å². The van der Waals surface area contributed by atoms with E-state index in [2.05, 4.69) is 55.1 Å². The van der Waals surface area contributed by atoms with Crippen molar-refractivity contribution >= 4 is 0 Å². The first-order chi connectivity index (χ1) is 9.60. The van der Waals surface area contributed by atoms with Crippen LogP contribution in [0.3, 0.4) is 0 Å². The third kappa shape index (κ3) is 4.05. The molecule has 2 unspecified atom stereocenters. The molecule has 0 saturated carbocycles. The largest absolute Gasteiger partial charge is 0.323 e. The minimum atomic E-state index is 0.131. The Bertz CT molecular complexity index is 399. The Morgan fingerprint density at radius 3 is 2.55 bits per heavy atom. The Labute approximate surface area is 123 Å². The number of hydrogen-bond acceptors (Lipinski definition) is 3. The Kier molecular flexibility index (Phi) is 5.58. The van der Waals surface area contributed by atoms with Crippen LogP contribution in [-0.4, -0.2) is 49.6 Å². The fourth-order valence-electron chi connectivity index (χ4n) is 3.00. The lowest BCUT2D eigenvalue weighted by molar-refractivity contribution is 0.260. The molecule has 0 aromatic heterocycles. The van der Waals surface area contributed by atoms with Gasteiger partial charge in [-0.15, -0.1) is 0 Å². The summed E-state index contributed by atoms with van der Waals surface area (Å²) < 4.78 is 0. The fourth-order valence-corrected chi connectivity index (χ4v) is 3.00. The van der Waals surface area contributed by atoms with Gasteiger partial charge in [-0.2, -0.15) is 0 Å². The lowest BCUT2D eigenvalue weighted by atomic mass is 10.0. The van der Waals surface area contributed by atoms with Gasteiger partial charge < -0.3 is 10.6 Å². The van der Waals surface area contributed by atoms with Crippen LogP contribution in [0.5, 0.6) is 0 Å². The highest BCUT2D eigenvalue weighted by atomic mass is 15.2. The van der Waals surface area contributed by atoms with E-state index in [4.69, 9.17) is 5.73 Å². The van der Waals surface area contributed by atoms with Gasteiger partial charge in [-0.3, -0.25) is 4.90 Å². The van der Waals surface area contributed by atoms with E-state index in [1.807, 2.05) is 0 Å². The van der Waals surface area contributed by atoms with Gasteiger partial charge in [0.15, 0.2) is 0 Å². The molecule has 2 rings (SSSR count). The summed E-state index contributed by atoms with van der Waals surface area (Å²) in [5, 5.41) is 0. The molecule has 2 atom stereocenters. The maximum atomic E-state index is 6.37. The van der Waals surface area contributed by atoms with Crippen LogP contribution in [0.4, 0.5) is 0 Å². The number of benzene rings is 1. The zero-order valence-corrected chi connectivity index (χ0v) is 13.2. The van der Waals surface area contributed by atoms with E-state index in [-0.39, 0.29) is 6.04 Å². The van der Waals surface area contributed by atoms with Crippen molar-refractivity contribution in [3.05, 3.63) is 35.4 Å². The average molecular weight is 275 g/mol. The molecule has 0 bridgehead atoms. The lowest BCUT2D eigenvalue weighted by Gasteiger charge is -2.23. The molecule has 1 aromatic carbocycles. The van der Waals surface area contributed by atoms with Crippen LogP contribution >= 0.6 is 0 Å². The molecule has 112 valence electrons. The molecule has 1 heterocycles. The van der Waals surface area contributed by atoms with Crippen molar-refractivity contribution in [1.82, 2.24) is 9.80 Å². The summed E-state index contributed by atoms with van der Waals surface area (Å²) in [4.78, 5) is 4.82. The van der Waals surface area contributed by atoms with Gasteiger partial charge in [-0.25, -0.2) is 0 Å². The zero-order valence-electron chi connectivity index (χ0n) is 13.2. The summed E-state index contributed by atoms with van der Waals surface area (Å²) in [6.45, 7) is 5.50. The SMILES string of the molecule is CCCc1ccc(C(N)CN2CCC(N(C)C)C2)cc1. The molecular formula is C17H29N3. The van der Waals surface area contributed by atoms with E-state index in [0.29, 0.717) is 6.04 Å². The molecule has 0 amide bonds. The predicted molar refractivity (Wildman–Crippen MR) is 85.9 cm³/mol. The Balaban J connectivity index is 1.87. The molecule has 1 aliphatic rings. The number of likely N-dealkylation sites (N-methyl/N-ethyl adjacent to an activating group) is 1. The number of hydrogen-bond donors (Lipinski definition) is 1. The maximum Gasteiger partial charge on any atom is 0.0424 e. The summed E-state index contributed by atoms with van der Waals surface area (Å²) in [6, 6.07) is 9.68. The Hall–Kier alpha value is -0.900. The van der Waals surface area contributed by atoms with E-state index in [0.717, 1.165) is 19.5 Å². The van der Waals surface area contributed by atoms with Crippen molar-refractivity contribution in [2.75, 3.05) is 33.7 Å². The van der Waals surface area contributed by atoms with Crippen LogP contribution in [0.25, 0.3) is 0 Å². The summed E-state index contributed by atoms with van der Waals surface area (Å²) in [5.41, 5.74) is 9.04. The van der Waals surface area contributed by atoms with Crippen LogP contribution in [0.2, 0.25) is 0 Å². The summed E-state index contributed by atoms with van der Waals surface area (Å²) in [5.74, 6) is 0. The normalized spacial score (nSPS) is 21.6. The topological polar surface area (TPSA) is 32.5 Å². The third-order valence-electron chi connectivity index (χ3n) is 4.38. The summed E-state index contributed by atoms with van der Waals surface area (Å²) in [7, 11) is 4.33. The Morgan fingerprint density at radius 2 is 2.00 bits per heavy atom. The molecule has 0 spiro atoms. The van der Waals surface area contributed by atoms with Crippen molar-refractivity contribution in [3.63, 3.8) is 0 Å². The van der Waals surface area contributed by atoms with Gasteiger partial charge in [-0.05, 0) is 44.6 Å². The molecule has 3 heteroatoms. The van der Waals surface area contributed by atoms with E-state index >= 15 is 0 Å². The molecule has 0 radical (unpaired) electrons. The smallest absolute Gasteiger partial charge is 0.0424 e. The van der Waals surface area contributed by atoms with Crippen LogP contribution in [0.15, 0.2) is 24.3 Å². The highest BCUT2D eigenvalue weighted by Gasteiger charge is 2.25. The van der Waals surface area contributed by atoms with Gasteiger partial charge in [0.25, 0.3) is 0 Å². The van der Waals surface area contributed by atoms with Crippen molar-refractivity contribution in [3.8, 4) is 0 Å². The van der Waals surface area contributed by atoms with E-state index in [1.54, 1.807) is 0 Å². The minimum absolute atomic E-state index is 0.131. The first-order valence-electron chi connectivity index (χ1n) is 7.83. The van der Waals surface area contributed by atoms with Crippen LogP contribution < -0.4 is 5.73 Å². The van der Waals surface area contributed by atoms with Crippen LogP contribution in [0, 0.1) is 0 Å². The van der Waals surface area contributed by atoms with Gasteiger partial charge >= 0.3 is 0 Å². The van der Waals surface area contributed by atoms with E-state index in [9.17, 15) is 0 Å². The molecule has 20 heavy (non-hydrogen) atoms. The highest BCUT2D eigenvalue weighted by Crippen LogP contribution is 2.18. The maximum absolute atomic E-state index is 6.37. The average Bonchev–Trinajstić information content (AvgIpc) is 2.88.